The van der Waals surface area contributed by atoms with Crippen LogP contribution in [-0.4, -0.2) is 16.7 Å². The Hall–Kier alpha value is -1.88. The van der Waals surface area contributed by atoms with E-state index in [2.05, 4.69) is 20.9 Å². The highest BCUT2D eigenvalue weighted by molar-refractivity contribution is 9.10. The number of hydrogen-bond acceptors (Lipinski definition) is 3. The SMILES string of the molecule is CC(=O)c1c[nH]c(C(=O)OCc2ccc(Br)cc2)c1. The van der Waals surface area contributed by atoms with Crippen LogP contribution in [0.25, 0.3) is 0 Å². The molecule has 0 aliphatic heterocycles. The second-order valence-electron chi connectivity index (χ2n) is 4.06. The number of rotatable bonds is 4. The Labute approximate surface area is 118 Å². The Morgan fingerprint density at radius 3 is 2.53 bits per heavy atom. The molecule has 5 heteroatoms. The van der Waals surface area contributed by atoms with Gasteiger partial charge in [-0.1, -0.05) is 28.1 Å². The van der Waals surface area contributed by atoms with Crippen LogP contribution in [0.15, 0.2) is 41.0 Å². The van der Waals surface area contributed by atoms with Crippen LogP contribution in [-0.2, 0) is 11.3 Å². The molecule has 0 unspecified atom stereocenters. The van der Waals surface area contributed by atoms with E-state index >= 15 is 0 Å². The van der Waals surface area contributed by atoms with Crippen LogP contribution in [0.5, 0.6) is 0 Å². The van der Waals surface area contributed by atoms with Gasteiger partial charge in [0.25, 0.3) is 0 Å². The van der Waals surface area contributed by atoms with Crippen LogP contribution in [0.1, 0.15) is 33.3 Å². The molecule has 0 spiro atoms. The first-order valence-corrected chi connectivity index (χ1v) is 6.46. The molecule has 0 amide bonds. The lowest BCUT2D eigenvalue weighted by atomic mass is 10.2. The fourth-order valence-corrected chi connectivity index (χ4v) is 1.79. The lowest BCUT2D eigenvalue weighted by Crippen LogP contribution is -2.05. The van der Waals surface area contributed by atoms with Gasteiger partial charge in [-0.15, -0.1) is 0 Å². The zero-order valence-corrected chi connectivity index (χ0v) is 11.9. The maximum atomic E-state index is 11.7. The monoisotopic (exact) mass is 321 g/mol. The lowest BCUT2D eigenvalue weighted by Gasteiger charge is -2.03. The molecular weight excluding hydrogens is 310 g/mol. The van der Waals surface area contributed by atoms with E-state index in [-0.39, 0.29) is 18.1 Å². The Kier molecular flexibility index (Phi) is 4.16. The molecule has 1 aromatic carbocycles. The number of Topliss-reactive ketones (excluding diaryl/α,β-unsaturated/α-hetero) is 1. The van der Waals surface area contributed by atoms with E-state index in [0.717, 1.165) is 10.0 Å². The van der Waals surface area contributed by atoms with Gasteiger partial charge >= 0.3 is 5.97 Å². The molecule has 4 nitrogen and oxygen atoms in total. The van der Waals surface area contributed by atoms with E-state index in [4.69, 9.17) is 4.74 Å². The molecule has 2 rings (SSSR count). The van der Waals surface area contributed by atoms with Crippen molar-refractivity contribution >= 4 is 27.7 Å². The van der Waals surface area contributed by atoms with Crippen molar-refractivity contribution in [2.24, 2.45) is 0 Å². The van der Waals surface area contributed by atoms with E-state index in [1.807, 2.05) is 24.3 Å². The highest BCUT2D eigenvalue weighted by Gasteiger charge is 2.11. The van der Waals surface area contributed by atoms with Gasteiger partial charge in [0.2, 0.25) is 0 Å². The highest BCUT2D eigenvalue weighted by atomic mass is 79.9. The molecule has 98 valence electrons. The number of nitrogens with one attached hydrogen (secondary N) is 1. The molecule has 1 aromatic heterocycles. The van der Waals surface area contributed by atoms with Crippen LogP contribution in [0.2, 0.25) is 0 Å². The van der Waals surface area contributed by atoms with Crippen molar-refractivity contribution in [2.45, 2.75) is 13.5 Å². The van der Waals surface area contributed by atoms with Gasteiger partial charge in [-0.2, -0.15) is 0 Å². The minimum atomic E-state index is -0.476. The Morgan fingerprint density at radius 1 is 1.26 bits per heavy atom. The van der Waals surface area contributed by atoms with Gasteiger partial charge in [0.1, 0.15) is 12.3 Å². The second-order valence-corrected chi connectivity index (χ2v) is 4.98. The summed E-state index contributed by atoms with van der Waals surface area (Å²) in [5, 5.41) is 0. The Bertz CT molecular complexity index is 601. The zero-order valence-electron chi connectivity index (χ0n) is 10.3. The molecule has 0 aliphatic carbocycles. The van der Waals surface area contributed by atoms with Crippen molar-refractivity contribution in [3.8, 4) is 0 Å². The summed E-state index contributed by atoms with van der Waals surface area (Å²) in [5.41, 5.74) is 1.65. The third kappa shape index (κ3) is 3.54. The first-order chi connectivity index (χ1) is 9.06. The normalized spacial score (nSPS) is 10.2. The van der Waals surface area contributed by atoms with Crippen molar-refractivity contribution in [3.63, 3.8) is 0 Å². The average molecular weight is 322 g/mol. The summed E-state index contributed by atoms with van der Waals surface area (Å²) in [4.78, 5) is 25.6. The lowest BCUT2D eigenvalue weighted by molar-refractivity contribution is 0.0466. The van der Waals surface area contributed by atoms with Crippen molar-refractivity contribution in [2.75, 3.05) is 0 Å². The number of aromatic amines is 1. The number of halogens is 1. The summed E-state index contributed by atoms with van der Waals surface area (Å²) in [6.07, 6.45) is 1.50. The zero-order chi connectivity index (χ0) is 13.8. The fraction of sp³-hybridized carbons (Fsp3) is 0.143. The number of aromatic nitrogens is 1. The van der Waals surface area contributed by atoms with E-state index in [1.165, 1.54) is 19.2 Å². The highest BCUT2D eigenvalue weighted by Crippen LogP contribution is 2.12. The van der Waals surface area contributed by atoms with Crippen LogP contribution in [0.3, 0.4) is 0 Å². The number of ether oxygens (including phenoxy) is 1. The maximum Gasteiger partial charge on any atom is 0.355 e. The largest absolute Gasteiger partial charge is 0.456 e. The number of carbonyl (C=O) groups excluding carboxylic acids is 2. The third-order valence-electron chi connectivity index (χ3n) is 2.59. The quantitative estimate of drug-likeness (QED) is 0.694. The minimum absolute atomic E-state index is 0.0943. The minimum Gasteiger partial charge on any atom is -0.456 e. The molecule has 1 heterocycles. The van der Waals surface area contributed by atoms with Gasteiger partial charge in [-0.05, 0) is 30.7 Å². The molecule has 2 aromatic rings. The number of carbonyl (C=O) groups is 2. The Morgan fingerprint density at radius 2 is 1.95 bits per heavy atom. The van der Waals surface area contributed by atoms with E-state index < -0.39 is 5.97 Å². The summed E-state index contributed by atoms with van der Waals surface area (Å²) in [6.45, 7) is 1.64. The van der Waals surface area contributed by atoms with Gasteiger partial charge in [-0.25, -0.2) is 4.79 Å². The van der Waals surface area contributed by atoms with E-state index in [1.54, 1.807) is 0 Å². The molecule has 0 atom stereocenters. The average Bonchev–Trinajstić information content (AvgIpc) is 2.87. The first-order valence-electron chi connectivity index (χ1n) is 5.67. The summed E-state index contributed by atoms with van der Waals surface area (Å²) < 4.78 is 6.12. The predicted octanol–water partition coefficient (Wildman–Crippen LogP) is 3.34. The number of H-pyrrole nitrogens is 1. The van der Waals surface area contributed by atoms with Crippen LogP contribution in [0.4, 0.5) is 0 Å². The molecule has 0 radical (unpaired) electrons. The third-order valence-corrected chi connectivity index (χ3v) is 3.12. The smallest absolute Gasteiger partial charge is 0.355 e. The fourth-order valence-electron chi connectivity index (χ4n) is 1.52. The molecule has 0 saturated heterocycles. The first kappa shape index (κ1) is 13.5. The van der Waals surface area contributed by atoms with Crippen molar-refractivity contribution in [1.29, 1.82) is 0 Å². The van der Waals surface area contributed by atoms with E-state index in [9.17, 15) is 9.59 Å². The topological polar surface area (TPSA) is 59.2 Å². The molecule has 0 fully saturated rings. The number of ketones is 1. The molecular formula is C14H12BrNO3. The van der Waals surface area contributed by atoms with Gasteiger partial charge in [0.05, 0.1) is 0 Å². The molecule has 0 aliphatic rings. The van der Waals surface area contributed by atoms with Crippen molar-refractivity contribution in [3.05, 3.63) is 57.8 Å². The maximum absolute atomic E-state index is 11.7. The van der Waals surface area contributed by atoms with Gasteiger partial charge < -0.3 is 9.72 Å². The standard InChI is InChI=1S/C14H12BrNO3/c1-9(17)11-6-13(16-7-11)14(18)19-8-10-2-4-12(15)5-3-10/h2-7,16H,8H2,1H3. The molecule has 19 heavy (non-hydrogen) atoms. The van der Waals surface area contributed by atoms with Gasteiger partial charge in [-0.3, -0.25) is 4.79 Å². The summed E-state index contributed by atoms with van der Waals surface area (Å²) >= 11 is 3.33. The molecule has 1 N–H and O–H groups in total. The number of benzene rings is 1. The number of esters is 1. The van der Waals surface area contributed by atoms with Gasteiger partial charge in [0, 0.05) is 16.2 Å². The van der Waals surface area contributed by atoms with Crippen LogP contribution < -0.4 is 0 Å². The number of hydrogen-bond donors (Lipinski definition) is 1. The Balaban J connectivity index is 1.97. The van der Waals surface area contributed by atoms with Crippen LogP contribution in [0, 0.1) is 0 Å². The summed E-state index contributed by atoms with van der Waals surface area (Å²) in [7, 11) is 0. The predicted molar refractivity (Wildman–Crippen MR) is 74.1 cm³/mol. The summed E-state index contributed by atoms with van der Waals surface area (Å²) in [5.74, 6) is -0.571. The van der Waals surface area contributed by atoms with E-state index in [0.29, 0.717) is 5.56 Å². The van der Waals surface area contributed by atoms with Crippen molar-refractivity contribution in [1.82, 2.24) is 4.98 Å². The second kappa shape index (κ2) is 5.84. The van der Waals surface area contributed by atoms with Gasteiger partial charge in [0.15, 0.2) is 5.78 Å². The van der Waals surface area contributed by atoms with Crippen molar-refractivity contribution < 1.29 is 14.3 Å². The molecule has 0 bridgehead atoms. The molecule has 0 saturated carbocycles. The van der Waals surface area contributed by atoms with Crippen LogP contribution >= 0.6 is 15.9 Å². The summed E-state index contributed by atoms with van der Waals surface area (Å²) in [6, 6.07) is 8.99.